The highest BCUT2D eigenvalue weighted by Gasteiger charge is 2.30. The number of benzene rings is 1. The molecule has 1 amide bonds. The van der Waals surface area contributed by atoms with Crippen LogP contribution in [0.1, 0.15) is 36.3 Å². The monoisotopic (exact) mass is 404 g/mol. The summed E-state index contributed by atoms with van der Waals surface area (Å²) in [5.74, 6) is 0.0188. The summed E-state index contributed by atoms with van der Waals surface area (Å²) in [5, 5.41) is 4.11. The number of halogens is 4. The fourth-order valence-corrected chi connectivity index (χ4v) is 2.38. The normalized spacial score (nSPS) is 12.6. The first-order chi connectivity index (χ1) is 12.1. The Kier molecular flexibility index (Phi) is 7.86. The molecule has 2 aromatic rings. The number of carbonyl (C=O) groups is 1. The molecule has 0 saturated heterocycles. The molecule has 1 aromatic carbocycles. The third-order valence-electron chi connectivity index (χ3n) is 4.25. The van der Waals surface area contributed by atoms with E-state index in [1.807, 2.05) is 13.8 Å². The van der Waals surface area contributed by atoms with Crippen molar-refractivity contribution in [1.29, 1.82) is 0 Å². The van der Waals surface area contributed by atoms with Gasteiger partial charge < -0.3 is 10.6 Å². The first-order valence-corrected chi connectivity index (χ1v) is 8.34. The van der Waals surface area contributed by atoms with Crippen molar-refractivity contribution >= 4 is 18.3 Å². The minimum atomic E-state index is -4.43. The van der Waals surface area contributed by atoms with Crippen LogP contribution in [0.2, 0.25) is 0 Å². The molecule has 1 heterocycles. The van der Waals surface area contributed by atoms with Gasteiger partial charge in [-0.15, -0.1) is 12.4 Å². The smallest absolute Gasteiger partial charge is 0.340 e. The van der Waals surface area contributed by atoms with Gasteiger partial charge in [-0.2, -0.15) is 18.3 Å². The second-order valence-electron chi connectivity index (χ2n) is 6.62. The molecule has 0 radical (unpaired) electrons. The van der Waals surface area contributed by atoms with Crippen LogP contribution in [0.3, 0.4) is 0 Å². The Hall–Kier alpha value is -2.06. The highest BCUT2D eigenvalue weighted by molar-refractivity contribution is 5.92. The molecular weight excluding hydrogens is 381 g/mol. The zero-order chi connectivity index (χ0) is 19.5. The van der Waals surface area contributed by atoms with E-state index in [4.69, 9.17) is 5.73 Å². The maximum Gasteiger partial charge on any atom is 0.416 e. The number of carbonyl (C=O) groups excluding carboxylic acids is 1. The summed E-state index contributed by atoms with van der Waals surface area (Å²) in [5.41, 5.74) is 5.63. The van der Waals surface area contributed by atoms with Crippen molar-refractivity contribution < 1.29 is 18.0 Å². The molecule has 1 aromatic heterocycles. The second kappa shape index (κ2) is 9.23. The number of nitrogens with zero attached hydrogens (tertiary/aromatic N) is 3. The summed E-state index contributed by atoms with van der Waals surface area (Å²) in [7, 11) is 1.65. The lowest BCUT2D eigenvalue weighted by Gasteiger charge is -2.20. The molecule has 0 aliphatic heterocycles. The SMILES string of the molecule is CC(C)C(N)CCN(C)C(=O)c1ccn(-c2cccc(C(F)(F)F)c2)n1.Cl. The molecule has 0 saturated carbocycles. The maximum absolute atomic E-state index is 12.8. The van der Waals surface area contributed by atoms with Crippen LogP contribution in [0.25, 0.3) is 5.69 Å². The maximum atomic E-state index is 12.8. The molecule has 5 nitrogen and oxygen atoms in total. The van der Waals surface area contributed by atoms with Gasteiger partial charge in [-0.25, -0.2) is 4.68 Å². The van der Waals surface area contributed by atoms with E-state index < -0.39 is 11.7 Å². The van der Waals surface area contributed by atoms with Crippen molar-refractivity contribution in [2.75, 3.05) is 13.6 Å². The summed E-state index contributed by atoms with van der Waals surface area (Å²) in [6.45, 7) is 4.51. The summed E-state index contributed by atoms with van der Waals surface area (Å²) in [6, 6.07) is 6.27. The van der Waals surface area contributed by atoms with Crippen LogP contribution in [0.5, 0.6) is 0 Å². The number of hydrogen-bond donors (Lipinski definition) is 1. The number of alkyl halides is 3. The predicted molar refractivity (Wildman–Crippen MR) is 100 cm³/mol. The van der Waals surface area contributed by atoms with E-state index in [1.54, 1.807) is 7.05 Å². The molecule has 0 aliphatic rings. The van der Waals surface area contributed by atoms with Gasteiger partial charge in [0.25, 0.3) is 5.91 Å². The van der Waals surface area contributed by atoms with Gasteiger partial charge in [0.15, 0.2) is 5.69 Å². The minimum absolute atomic E-state index is 0. The fraction of sp³-hybridized carbons (Fsp3) is 0.444. The van der Waals surface area contributed by atoms with Crippen LogP contribution in [0.15, 0.2) is 36.5 Å². The summed E-state index contributed by atoms with van der Waals surface area (Å²) in [6.07, 6.45) is -2.30. The van der Waals surface area contributed by atoms with Gasteiger partial charge in [0, 0.05) is 25.8 Å². The van der Waals surface area contributed by atoms with Gasteiger partial charge in [0.2, 0.25) is 0 Å². The Labute approximate surface area is 162 Å². The lowest BCUT2D eigenvalue weighted by molar-refractivity contribution is -0.137. The Bertz CT molecular complexity index is 761. The van der Waals surface area contributed by atoms with E-state index in [-0.39, 0.29) is 35.7 Å². The third-order valence-corrected chi connectivity index (χ3v) is 4.25. The molecule has 2 rings (SSSR count). The molecule has 150 valence electrons. The highest BCUT2D eigenvalue weighted by atomic mass is 35.5. The first-order valence-electron chi connectivity index (χ1n) is 8.34. The lowest BCUT2D eigenvalue weighted by Crippen LogP contribution is -2.34. The Balaban J connectivity index is 0.00000364. The molecule has 27 heavy (non-hydrogen) atoms. The van der Waals surface area contributed by atoms with E-state index in [9.17, 15) is 18.0 Å². The molecular formula is C18H24ClF3N4O. The van der Waals surface area contributed by atoms with Crippen molar-refractivity contribution in [2.45, 2.75) is 32.5 Å². The average molecular weight is 405 g/mol. The van der Waals surface area contributed by atoms with Gasteiger partial charge in [-0.3, -0.25) is 4.79 Å². The molecule has 1 unspecified atom stereocenters. The van der Waals surface area contributed by atoms with Crippen LogP contribution in [-0.4, -0.2) is 40.2 Å². The first kappa shape index (κ1) is 23.0. The molecule has 0 bridgehead atoms. The van der Waals surface area contributed by atoms with Gasteiger partial charge in [0.1, 0.15) is 0 Å². The van der Waals surface area contributed by atoms with Crippen molar-refractivity contribution in [2.24, 2.45) is 11.7 Å². The van der Waals surface area contributed by atoms with Gasteiger partial charge >= 0.3 is 6.18 Å². The quantitative estimate of drug-likeness (QED) is 0.797. The van der Waals surface area contributed by atoms with Gasteiger partial charge in [-0.1, -0.05) is 19.9 Å². The lowest BCUT2D eigenvalue weighted by atomic mass is 10.0. The summed E-state index contributed by atoms with van der Waals surface area (Å²) in [4.78, 5) is 13.9. The third kappa shape index (κ3) is 5.97. The largest absolute Gasteiger partial charge is 0.416 e. The van der Waals surface area contributed by atoms with E-state index >= 15 is 0 Å². The minimum Gasteiger partial charge on any atom is -0.340 e. The Morgan fingerprint density at radius 2 is 1.96 bits per heavy atom. The van der Waals surface area contributed by atoms with E-state index in [0.29, 0.717) is 18.9 Å². The number of amides is 1. The van der Waals surface area contributed by atoms with Crippen molar-refractivity contribution in [3.8, 4) is 5.69 Å². The van der Waals surface area contributed by atoms with Crippen LogP contribution in [0.4, 0.5) is 13.2 Å². The molecule has 1 atom stereocenters. The van der Waals surface area contributed by atoms with Crippen LogP contribution < -0.4 is 5.73 Å². The number of rotatable bonds is 6. The number of nitrogens with two attached hydrogens (primary N) is 1. The predicted octanol–water partition coefficient (Wildman–Crippen LogP) is 3.76. The van der Waals surface area contributed by atoms with Gasteiger partial charge in [0.05, 0.1) is 11.3 Å². The highest BCUT2D eigenvalue weighted by Crippen LogP contribution is 2.30. The zero-order valence-corrected chi connectivity index (χ0v) is 16.2. The molecule has 0 aliphatic carbocycles. The van der Waals surface area contributed by atoms with E-state index in [1.165, 1.54) is 34.0 Å². The fourth-order valence-electron chi connectivity index (χ4n) is 2.38. The van der Waals surface area contributed by atoms with Crippen molar-refractivity contribution in [1.82, 2.24) is 14.7 Å². The average Bonchev–Trinajstić information content (AvgIpc) is 3.08. The topological polar surface area (TPSA) is 64.2 Å². The van der Waals surface area contributed by atoms with E-state index in [2.05, 4.69) is 5.10 Å². The molecule has 2 N–H and O–H groups in total. The summed E-state index contributed by atoms with van der Waals surface area (Å²) >= 11 is 0. The van der Waals surface area contributed by atoms with Crippen molar-refractivity contribution in [3.05, 3.63) is 47.8 Å². The number of aromatic nitrogens is 2. The molecule has 9 heteroatoms. The Morgan fingerprint density at radius 1 is 1.30 bits per heavy atom. The van der Waals surface area contributed by atoms with Crippen LogP contribution in [-0.2, 0) is 6.18 Å². The van der Waals surface area contributed by atoms with E-state index in [0.717, 1.165) is 12.1 Å². The zero-order valence-electron chi connectivity index (χ0n) is 15.4. The second-order valence-corrected chi connectivity index (χ2v) is 6.62. The standard InChI is InChI=1S/C18H23F3N4O.ClH/c1-12(2)15(22)7-9-24(3)17(26)16-8-10-25(23-16)14-6-4-5-13(11-14)18(19,20)21;/h4-6,8,10-12,15H,7,9,22H2,1-3H3;1H. The Morgan fingerprint density at radius 3 is 2.56 bits per heavy atom. The van der Waals surface area contributed by atoms with Crippen molar-refractivity contribution in [3.63, 3.8) is 0 Å². The molecule has 0 fully saturated rings. The van der Waals surface area contributed by atoms with Gasteiger partial charge in [-0.05, 0) is 36.6 Å². The number of hydrogen-bond acceptors (Lipinski definition) is 3. The molecule has 0 spiro atoms. The van der Waals surface area contributed by atoms with Crippen LogP contribution >= 0.6 is 12.4 Å². The summed E-state index contributed by atoms with van der Waals surface area (Å²) < 4.78 is 39.7. The van der Waals surface area contributed by atoms with Crippen LogP contribution in [0, 0.1) is 5.92 Å².